The molecule has 0 bridgehead atoms. The zero-order valence-electron chi connectivity index (χ0n) is 11.9. The number of rotatable bonds is 6. The Morgan fingerprint density at radius 2 is 1.61 bits per heavy atom. The van der Waals surface area contributed by atoms with Crippen molar-refractivity contribution >= 4 is 21.6 Å². The largest absolute Gasteiger partial charge is 0.326 e. The highest BCUT2D eigenvalue weighted by molar-refractivity contribution is 7.89. The highest BCUT2D eigenvalue weighted by Gasteiger charge is 2.13. The summed E-state index contributed by atoms with van der Waals surface area (Å²) in [5.41, 5.74) is -0.0292. The van der Waals surface area contributed by atoms with Gasteiger partial charge in [-0.25, -0.2) is 21.9 Å². The monoisotopic (exact) mass is 340 g/mol. The van der Waals surface area contributed by atoms with Gasteiger partial charge >= 0.3 is 0 Å². The van der Waals surface area contributed by atoms with Gasteiger partial charge in [0.1, 0.15) is 11.6 Å². The van der Waals surface area contributed by atoms with Crippen molar-refractivity contribution in [1.29, 1.82) is 0 Å². The summed E-state index contributed by atoms with van der Waals surface area (Å²) >= 11 is 0. The van der Waals surface area contributed by atoms with Crippen LogP contribution in [0.4, 0.5) is 14.5 Å². The van der Waals surface area contributed by atoms with E-state index in [1.165, 1.54) is 12.1 Å². The molecule has 0 aliphatic heterocycles. The molecular formula is C15H14F2N2O3S. The molecule has 0 unspecified atom stereocenters. The summed E-state index contributed by atoms with van der Waals surface area (Å²) in [5.74, 6) is -2.19. The molecule has 0 heterocycles. The summed E-state index contributed by atoms with van der Waals surface area (Å²) in [5, 5.41) is 2.30. The molecule has 2 N–H and O–H groups in total. The van der Waals surface area contributed by atoms with Crippen molar-refractivity contribution in [3.63, 3.8) is 0 Å². The molecule has 0 aliphatic carbocycles. The number of carbonyl (C=O) groups excluding carboxylic acids is 1. The SMILES string of the molecule is O=C(CCNS(=O)(=O)c1ccccc1)Nc1cc(F)cc(F)c1. The fraction of sp³-hybridized carbons (Fsp3) is 0.133. The molecule has 0 spiro atoms. The number of nitrogens with one attached hydrogen (secondary N) is 2. The molecule has 2 aromatic carbocycles. The second kappa shape index (κ2) is 7.30. The number of benzene rings is 2. The summed E-state index contributed by atoms with van der Waals surface area (Å²) in [6.07, 6.45) is -0.176. The minimum atomic E-state index is -3.69. The number of sulfonamides is 1. The van der Waals surface area contributed by atoms with Crippen LogP contribution in [0.1, 0.15) is 6.42 Å². The van der Waals surface area contributed by atoms with Gasteiger partial charge in [-0.15, -0.1) is 0 Å². The maximum absolute atomic E-state index is 13.0. The highest BCUT2D eigenvalue weighted by atomic mass is 32.2. The van der Waals surface area contributed by atoms with Crippen molar-refractivity contribution in [2.45, 2.75) is 11.3 Å². The van der Waals surface area contributed by atoms with E-state index in [1.807, 2.05) is 0 Å². The minimum absolute atomic E-state index is 0.0292. The summed E-state index contributed by atoms with van der Waals surface area (Å²) < 4.78 is 52.1. The zero-order valence-corrected chi connectivity index (χ0v) is 12.7. The number of halogens is 2. The maximum Gasteiger partial charge on any atom is 0.240 e. The summed E-state index contributed by atoms with van der Waals surface area (Å²) in [4.78, 5) is 11.8. The Morgan fingerprint density at radius 3 is 2.22 bits per heavy atom. The first-order valence-electron chi connectivity index (χ1n) is 6.67. The van der Waals surface area contributed by atoms with E-state index in [0.29, 0.717) is 6.07 Å². The van der Waals surface area contributed by atoms with Crippen molar-refractivity contribution < 1.29 is 22.0 Å². The molecule has 0 atom stereocenters. The van der Waals surface area contributed by atoms with Gasteiger partial charge in [-0.1, -0.05) is 18.2 Å². The third-order valence-electron chi connectivity index (χ3n) is 2.84. The van der Waals surface area contributed by atoms with E-state index in [0.717, 1.165) is 12.1 Å². The molecule has 8 heteroatoms. The topological polar surface area (TPSA) is 75.3 Å². The Morgan fingerprint density at radius 1 is 1.00 bits per heavy atom. The Kier molecular flexibility index (Phi) is 5.41. The van der Waals surface area contributed by atoms with E-state index >= 15 is 0 Å². The van der Waals surface area contributed by atoms with Crippen LogP contribution in [0.5, 0.6) is 0 Å². The molecule has 5 nitrogen and oxygen atoms in total. The zero-order chi connectivity index (χ0) is 16.9. The molecule has 1 amide bonds. The summed E-state index contributed by atoms with van der Waals surface area (Å²) in [6.45, 7) is -0.138. The van der Waals surface area contributed by atoms with Crippen molar-refractivity contribution in [3.8, 4) is 0 Å². The minimum Gasteiger partial charge on any atom is -0.326 e. The standard InChI is InChI=1S/C15H14F2N2O3S/c16-11-8-12(17)10-13(9-11)19-15(20)6-7-18-23(21,22)14-4-2-1-3-5-14/h1-5,8-10,18H,6-7H2,(H,19,20). The van der Waals surface area contributed by atoms with Gasteiger partial charge in [-0.3, -0.25) is 4.79 Å². The van der Waals surface area contributed by atoms with Gasteiger partial charge in [0.15, 0.2) is 0 Å². The molecule has 2 aromatic rings. The molecule has 0 aromatic heterocycles. The predicted molar refractivity (Wildman–Crippen MR) is 81.2 cm³/mol. The van der Waals surface area contributed by atoms with Gasteiger partial charge in [-0.05, 0) is 24.3 Å². The van der Waals surface area contributed by atoms with Crippen LogP contribution in [0.25, 0.3) is 0 Å². The lowest BCUT2D eigenvalue weighted by Crippen LogP contribution is -2.27. The number of carbonyl (C=O) groups is 1. The molecule has 122 valence electrons. The Balaban J connectivity index is 1.87. The van der Waals surface area contributed by atoms with Crippen molar-refractivity contribution in [2.24, 2.45) is 0 Å². The van der Waals surface area contributed by atoms with E-state index in [-0.39, 0.29) is 23.5 Å². The normalized spacial score (nSPS) is 11.2. The van der Waals surface area contributed by atoms with Crippen molar-refractivity contribution in [2.75, 3.05) is 11.9 Å². The van der Waals surface area contributed by atoms with Gasteiger partial charge in [0.25, 0.3) is 0 Å². The molecule has 2 rings (SSSR count). The van der Waals surface area contributed by atoms with E-state index in [4.69, 9.17) is 0 Å². The molecule has 23 heavy (non-hydrogen) atoms. The third-order valence-corrected chi connectivity index (χ3v) is 4.32. The molecule has 0 saturated heterocycles. The first-order chi connectivity index (χ1) is 10.9. The second-order valence-corrected chi connectivity index (χ2v) is 6.43. The van der Waals surface area contributed by atoms with Crippen LogP contribution >= 0.6 is 0 Å². The van der Waals surface area contributed by atoms with Gasteiger partial charge in [0.05, 0.1) is 4.90 Å². The number of amides is 1. The predicted octanol–water partition coefficient (Wildman–Crippen LogP) is 2.27. The molecule has 0 saturated carbocycles. The quantitative estimate of drug-likeness (QED) is 0.847. The fourth-order valence-corrected chi connectivity index (χ4v) is 2.88. The third kappa shape index (κ3) is 5.11. The van der Waals surface area contributed by atoms with Crippen LogP contribution in [0, 0.1) is 11.6 Å². The van der Waals surface area contributed by atoms with E-state index in [2.05, 4.69) is 10.0 Å². The lowest BCUT2D eigenvalue weighted by Gasteiger charge is -2.08. The Bertz CT molecular complexity index is 775. The second-order valence-electron chi connectivity index (χ2n) is 4.67. The molecule has 0 fully saturated rings. The molecule has 0 radical (unpaired) electrons. The first-order valence-corrected chi connectivity index (χ1v) is 8.16. The van der Waals surface area contributed by atoms with Gasteiger partial charge < -0.3 is 5.32 Å². The van der Waals surface area contributed by atoms with Crippen molar-refractivity contribution in [3.05, 3.63) is 60.2 Å². The lowest BCUT2D eigenvalue weighted by molar-refractivity contribution is -0.116. The van der Waals surface area contributed by atoms with Gasteiger partial charge in [-0.2, -0.15) is 0 Å². The van der Waals surface area contributed by atoms with Crippen LogP contribution in [0.15, 0.2) is 53.4 Å². The number of hydrogen-bond donors (Lipinski definition) is 2. The van der Waals surface area contributed by atoms with Crippen LogP contribution in [-0.4, -0.2) is 20.9 Å². The van der Waals surface area contributed by atoms with E-state index in [9.17, 15) is 22.0 Å². The van der Waals surface area contributed by atoms with Crippen LogP contribution in [0.3, 0.4) is 0 Å². The Hall–Kier alpha value is -2.32. The first kappa shape index (κ1) is 17.0. The summed E-state index contributed by atoms with van der Waals surface area (Å²) in [7, 11) is -3.69. The number of anilines is 1. The van der Waals surface area contributed by atoms with Crippen LogP contribution < -0.4 is 10.0 Å². The van der Waals surface area contributed by atoms with E-state index in [1.54, 1.807) is 18.2 Å². The molecule has 0 aliphatic rings. The lowest BCUT2D eigenvalue weighted by atomic mass is 10.3. The van der Waals surface area contributed by atoms with Gasteiger partial charge in [0, 0.05) is 24.7 Å². The average molecular weight is 340 g/mol. The highest BCUT2D eigenvalue weighted by Crippen LogP contribution is 2.13. The van der Waals surface area contributed by atoms with Gasteiger partial charge in [0.2, 0.25) is 15.9 Å². The number of hydrogen-bond acceptors (Lipinski definition) is 3. The van der Waals surface area contributed by atoms with E-state index < -0.39 is 27.6 Å². The van der Waals surface area contributed by atoms with Crippen LogP contribution in [0.2, 0.25) is 0 Å². The Labute approximate surface area is 132 Å². The maximum atomic E-state index is 13.0. The fourth-order valence-electron chi connectivity index (χ4n) is 1.83. The van der Waals surface area contributed by atoms with Crippen molar-refractivity contribution in [1.82, 2.24) is 4.72 Å². The molecular weight excluding hydrogens is 326 g/mol. The van der Waals surface area contributed by atoms with Crippen LogP contribution in [-0.2, 0) is 14.8 Å². The average Bonchev–Trinajstić information content (AvgIpc) is 2.46. The summed E-state index contributed by atoms with van der Waals surface area (Å²) in [6, 6.07) is 10.3. The smallest absolute Gasteiger partial charge is 0.240 e.